The summed E-state index contributed by atoms with van der Waals surface area (Å²) in [6, 6.07) is 0.629. The minimum atomic E-state index is -0.268. The van der Waals surface area contributed by atoms with E-state index in [9.17, 15) is 10.2 Å². The van der Waals surface area contributed by atoms with Crippen LogP contribution in [0.4, 0.5) is 0 Å². The highest BCUT2D eigenvalue weighted by atomic mass is 33.1. The zero-order chi connectivity index (χ0) is 27.6. The van der Waals surface area contributed by atoms with E-state index in [0.717, 1.165) is 44.4 Å². The van der Waals surface area contributed by atoms with E-state index in [4.69, 9.17) is 0 Å². The summed E-state index contributed by atoms with van der Waals surface area (Å²) < 4.78 is 0. The van der Waals surface area contributed by atoms with Crippen LogP contribution in [-0.4, -0.2) is 82.5 Å². The maximum atomic E-state index is 10.7. The largest absolute Gasteiger partial charge is 0.392 e. The number of nitrogens with zero attached hydrogens (tertiary/aromatic N) is 2. The number of hydrogen-bond donors (Lipinski definition) is 2. The first-order valence-corrected chi connectivity index (χ1v) is 18.5. The van der Waals surface area contributed by atoms with Crippen LogP contribution in [0.5, 0.6) is 0 Å². The maximum Gasteiger partial charge on any atom is 0.0667 e. The summed E-state index contributed by atoms with van der Waals surface area (Å²) in [6.45, 7) is 16.1. The summed E-state index contributed by atoms with van der Waals surface area (Å²) in [5, 5.41) is 21.4. The van der Waals surface area contributed by atoms with E-state index in [2.05, 4.69) is 44.4 Å². The molecular weight excluding hydrogens is 496 g/mol. The molecule has 2 unspecified atom stereocenters. The van der Waals surface area contributed by atoms with Gasteiger partial charge < -0.3 is 15.1 Å². The Labute approximate surface area is 240 Å². The molecule has 0 aromatic rings. The average molecular weight is 563 g/mol. The highest BCUT2D eigenvalue weighted by molar-refractivity contribution is 8.76. The molecule has 37 heavy (non-hydrogen) atoms. The molecule has 0 aromatic heterocycles. The van der Waals surface area contributed by atoms with Crippen molar-refractivity contribution in [3.8, 4) is 0 Å². The second kappa shape index (κ2) is 28.1. The molecule has 0 rings (SSSR count). The third kappa shape index (κ3) is 25.3. The van der Waals surface area contributed by atoms with Gasteiger partial charge in [0.05, 0.1) is 12.2 Å². The van der Waals surface area contributed by atoms with Crippen LogP contribution in [0.3, 0.4) is 0 Å². The molecule has 2 N–H and O–H groups in total. The molecule has 0 fully saturated rings. The van der Waals surface area contributed by atoms with Gasteiger partial charge in [-0.15, -0.1) is 0 Å². The lowest BCUT2D eigenvalue weighted by molar-refractivity contribution is 0.0607. The summed E-state index contributed by atoms with van der Waals surface area (Å²) in [4.78, 5) is 4.92. The lowest BCUT2D eigenvalue weighted by Crippen LogP contribution is -2.39. The first kappa shape index (κ1) is 37.5. The molecule has 0 bridgehead atoms. The zero-order valence-corrected chi connectivity index (χ0v) is 27.2. The minimum absolute atomic E-state index is 0.268. The number of rotatable bonds is 29. The van der Waals surface area contributed by atoms with Crippen molar-refractivity contribution < 1.29 is 10.2 Å². The summed E-state index contributed by atoms with van der Waals surface area (Å²) in [5.74, 6) is 2.32. The van der Waals surface area contributed by atoms with E-state index in [-0.39, 0.29) is 12.2 Å². The van der Waals surface area contributed by atoms with Crippen LogP contribution in [0.2, 0.25) is 0 Å². The third-order valence-electron chi connectivity index (χ3n) is 7.21. The highest BCUT2D eigenvalue weighted by Crippen LogP contribution is 2.22. The van der Waals surface area contributed by atoms with Crippen molar-refractivity contribution in [1.29, 1.82) is 0 Å². The Balaban J connectivity index is 4.33. The molecule has 0 aliphatic carbocycles. The first-order chi connectivity index (χ1) is 17.9. The van der Waals surface area contributed by atoms with Crippen molar-refractivity contribution in [2.75, 3.05) is 44.2 Å². The SMILES string of the molecule is CCCCCCCCC(O)CN(CCCSSCCN(CCC)C(C)C)CC(O)CCCCCCCC. The molecule has 0 aliphatic rings. The molecule has 0 aliphatic heterocycles. The van der Waals surface area contributed by atoms with Crippen molar-refractivity contribution in [2.45, 2.75) is 156 Å². The Kier molecular flexibility index (Phi) is 28.5. The standard InChI is InChI=1S/C31H66N2O2S2/c1-6-9-11-13-15-17-20-30(34)27-32(28-31(35)21-18-16-14-12-10-7-2)23-19-25-36-37-26-24-33(22-8-3)29(4)5/h29-31,34-35H,6-28H2,1-5H3. The predicted octanol–water partition coefficient (Wildman–Crippen LogP) is 8.40. The van der Waals surface area contributed by atoms with Crippen molar-refractivity contribution in [1.82, 2.24) is 9.80 Å². The molecule has 0 saturated carbocycles. The number of unbranched alkanes of at least 4 members (excludes halogenated alkanes) is 10. The fourth-order valence-electron chi connectivity index (χ4n) is 4.89. The summed E-state index contributed by atoms with van der Waals surface area (Å²) in [5.41, 5.74) is 0. The monoisotopic (exact) mass is 562 g/mol. The van der Waals surface area contributed by atoms with Crippen LogP contribution in [0.15, 0.2) is 0 Å². The number of aliphatic hydroxyl groups excluding tert-OH is 2. The molecule has 0 saturated heterocycles. The summed E-state index contributed by atoms with van der Waals surface area (Å²) >= 11 is 0. The Morgan fingerprint density at radius 1 is 0.541 bits per heavy atom. The number of hydrogen-bond acceptors (Lipinski definition) is 6. The second-order valence-corrected chi connectivity index (χ2v) is 14.0. The van der Waals surface area contributed by atoms with Gasteiger partial charge in [0.25, 0.3) is 0 Å². The molecular formula is C31H66N2O2S2. The molecule has 6 heteroatoms. The Hall–Kier alpha value is 0.540. The van der Waals surface area contributed by atoms with E-state index in [1.807, 2.05) is 21.6 Å². The lowest BCUT2D eigenvalue weighted by atomic mass is 10.1. The van der Waals surface area contributed by atoms with Gasteiger partial charge in [0.15, 0.2) is 0 Å². The topological polar surface area (TPSA) is 46.9 Å². The normalized spacial score (nSPS) is 13.8. The Morgan fingerprint density at radius 2 is 1.03 bits per heavy atom. The highest BCUT2D eigenvalue weighted by Gasteiger charge is 2.16. The van der Waals surface area contributed by atoms with Crippen LogP contribution >= 0.6 is 21.6 Å². The van der Waals surface area contributed by atoms with E-state index in [0.29, 0.717) is 19.1 Å². The van der Waals surface area contributed by atoms with Gasteiger partial charge in [-0.25, -0.2) is 0 Å². The van der Waals surface area contributed by atoms with E-state index in [1.165, 1.54) is 89.5 Å². The van der Waals surface area contributed by atoms with Gasteiger partial charge in [0, 0.05) is 37.2 Å². The Bertz CT molecular complexity index is 433. The van der Waals surface area contributed by atoms with E-state index in [1.54, 1.807) is 0 Å². The van der Waals surface area contributed by atoms with Crippen molar-refractivity contribution in [3.05, 3.63) is 0 Å². The third-order valence-corrected chi connectivity index (χ3v) is 9.68. The quantitative estimate of drug-likeness (QED) is 0.0705. The molecule has 0 aromatic carbocycles. The van der Waals surface area contributed by atoms with Gasteiger partial charge in [0.1, 0.15) is 0 Å². The molecule has 4 nitrogen and oxygen atoms in total. The van der Waals surface area contributed by atoms with Crippen LogP contribution in [0, 0.1) is 0 Å². The van der Waals surface area contributed by atoms with Crippen LogP contribution < -0.4 is 0 Å². The second-order valence-electron chi connectivity index (χ2n) is 11.3. The number of aliphatic hydroxyl groups is 2. The van der Waals surface area contributed by atoms with Gasteiger partial charge >= 0.3 is 0 Å². The fourth-order valence-corrected chi connectivity index (χ4v) is 6.97. The van der Waals surface area contributed by atoms with Crippen molar-refractivity contribution in [3.63, 3.8) is 0 Å². The van der Waals surface area contributed by atoms with Crippen LogP contribution in [0.25, 0.3) is 0 Å². The van der Waals surface area contributed by atoms with E-state index < -0.39 is 0 Å². The molecule has 224 valence electrons. The molecule has 0 amide bonds. The predicted molar refractivity (Wildman–Crippen MR) is 171 cm³/mol. The van der Waals surface area contributed by atoms with Gasteiger partial charge in [0.2, 0.25) is 0 Å². The summed E-state index contributed by atoms with van der Waals surface area (Å²) in [7, 11) is 3.99. The average Bonchev–Trinajstić information content (AvgIpc) is 2.86. The maximum absolute atomic E-state index is 10.7. The lowest BCUT2D eigenvalue weighted by Gasteiger charge is -2.27. The molecule has 0 radical (unpaired) electrons. The van der Waals surface area contributed by atoms with Gasteiger partial charge in [-0.3, -0.25) is 4.90 Å². The Morgan fingerprint density at radius 3 is 1.51 bits per heavy atom. The molecule has 0 spiro atoms. The van der Waals surface area contributed by atoms with Gasteiger partial charge in [-0.05, 0) is 52.6 Å². The minimum Gasteiger partial charge on any atom is -0.392 e. The summed E-state index contributed by atoms with van der Waals surface area (Å²) in [6.07, 6.45) is 18.8. The van der Waals surface area contributed by atoms with Gasteiger partial charge in [-0.1, -0.05) is 119 Å². The van der Waals surface area contributed by atoms with Crippen molar-refractivity contribution in [2.24, 2.45) is 0 Å². The molecule has 2 atom stereocenters. The van der Waals surface area contributed by atoms with Crippen molar-refractivity contribution >= 4 is 21.6 Å². The van der Waals surface area contributed by atoms with E-state index >= 15 is 0 Å². The van der Waals surface area contributed by atoms with Gasteiger partial charge in [-0.2, -0.15) is 0 Å². The first-order valence-electron chi connectivity index (χ1n) is 16.0. The smallest absolute Gasteiger partial charge is 0.0667 e. The zero-order valence-electron chi connectivity index (χ0n) is 25.6. The van der Waals surface area contributed by atoms with Crippen LogP contribution in [0.1, 0.15) is 137 Å². The fraction of sp³-hybridized carbons (Fsp3) is 1.00. The van der Waals surface area contributed by atoms with Crippen LogP contribution in [-0.2, 0) is 0 Å². The molecule has 0 heterocycles.